The number of amides is 1. The number of rotatable bonds is 6. The predicted octanol–water partition coefficient (Wildman–Crippen LogP) is 3.18. The Balaban J connectivity index is 1.28. The molecule has 0 spiro atoms. The highest BCUT2D eigenvalue weighted by Crippen LogP contribution is 2.42. The van der Waals surface area contributed by atoms with E-state index in [1.807, 2.05) is 4.90 Å². The van der Waals surface area contributed by atoms with E-state index in [0.29, 0.717) is 37.8 Å². The summed E-state index contributed by atoms with van der Waals surface area (Å²) in [7, 11) is 2.17. The first-order valence-electron chi connectivity index (χ1n) is 13.7. The third kappa shape index (κ3) is 4.61. The number of piperazine rings is 1. The van der Waals surface area contributed by atoms with Gasteiger partial charge in [0, 0.05) is 56.4 Å². The van der Waals surface area contributed by atoms with Crippen LogP contribution in [-0.4, -0.2) is 82.5 Å². The molecule has 1 unspecified atom stereocenters. The molecule has 2 saturated heterocycles. The smallest absolute Gasteiger partial charge is 0.318 e. The number of carbonyl (C=O) groups is 1. The summed E-state index contributed by atoms with van der Waals surface area (Å²) in [6.45, 7) is 11.3. The van der Waals surface area contributed by atoms with Gasteiger partial charge in [0.25, 0.3) is 0 Å². The van der Waals surface area contributed by atoms with Gasteiger partial charge in [-0.15, -0.1) is 0 Å². The number of hydrogen-bond donors (Lipinski definition) is 0. The van der Waals surface area contributed by atoms with Crippen molar-refractivity contribution in [3.05, 3.63) is 59.3 Å². The molecule has 3 aliphatic heterocycles. The lowest BCUT2D eigenvalue weighted by atomic mass is 10.1. The van der Waals surface area contributed by atoms with Crippen molar-refractivity contribution in [3.63, 3.8) is 0 Å². The van der Waals surface area contributed by atoms with Crippen molar-refractivity contribution in [2.45, 2.75) is 63.8 Å². The Kier molecular flexibility index (Phi) is 6.63. The van der Waals surface area contributed by atoms with E-state index in [-0.39, 0.29) is 11.9 Å². The van der Waals surface area contributed by atoms with Gasteiger partial charge in [0.15, 0.2) is 0 Å². The highest BCUT2D eigenvalue weighted by Gasteiger charge is 2.37. The van der Waals surface area contributed by atoms with E-state index in [2.05, 4.69) is 59.5 Å². The monoisotopic (exact) mass is 502 g/mol. The summed E-state index contributed by atoms with van der Waals surface area (Å²) in [6.07, 6.45) is 6.05. The van der Waals surface area contributed by atoms with Gasteiger partial charge in [0.1, 0.15) is 12.4 Å². The van der Waals surface area contributed by atoms with Crippen molar-refractivity contribution < 1.29 is 9.53 Å². The van der Waals surface area contributed by atoms with E-state index in [1.54, 1.807) is 0 Å². The third-order valence-electron chi connectivity index (χ3n) is 8.77. The highest BCUT2D eigenvalue weighted by molar-refractivity contribution is 5.87. The Labute approximate surface area is 219 Å². The Morgan fingerprint density at radius 1 is 1.16 bits per heavy atom. The van der Waals surface area contributed by atoms with Crippen LogP contribution in [-0.2, 0) is 24.3 Å². The summed E-state index contributed by atoms with van der Waals surface area (Å²) < 4.78 is 6.26. The molecule has 2 aromatic rings. The fourth-order valence-corrected chi connectivity index (χ4v) is 6.64. The van der Waals surface area contributed by atoms with Crippen LogP contribution in [0.15, 0.2) is 36.9 Å². The number of hydrogen-bond acceptors (Lipinski definition) is 7. The number of anilines is 1. The topological polar surface area (TPSA) is 65.0 Å². The standard InChI is InChI=1S/C29H38N6O2/c1-4-27(36)33-14-15-35(20(2)16-33)28-24-17-34(26-12-11-21-8-5-6-10-23(21)26)18-25(24)30-29(31-28)37-19-22-9-7-13-32(22)3/h4-6,8,10,20,22,26H,1,7,9,11-19H2,2-3H3/t20-,22-,26?/m0/s1. The van der Waals surface area contributed by atoms with Crippen LogP contribution < -0.4 is 9.64 Å². The number of carbonyl (C=O) groups excluding carboxylic acids is 1. The summed E-state index contributed by atoms with van der Waals surface area (Å²) >= 11 is 0. The first-order valence-corrected chi connectivity index (χ1v) is 13.7. The van der Waals surface area contributed by atoms with Crippen LogP contribution in [0.3, 0.4) is 0 Å². The highest BCUT2D eigenvalue weighted by atomic mass is 16.5. The van der Waals surface area contributed by atoms with Crippen LogP contribution in [0.1, 0.15) is 54.6 Å². The zero-order valence-electron chi connectivity index (χ0n) is 22.1. The molecule has 8 nitrogen and oxygen atoms in total. The fourth-order valence-electron chi connectivity index (χ4n) is 6.64. The van der Waals surface area contributed by atoms with Gasteiger partial charge < -0.3 is 19.4 Å². The van der Waals surface area contributed by atoms with Gasteiger partial charge in [-0.05, 0) is 63.4 Å². The molecule has 1 amide bonds. The Bertz CT molecular complexity index is 1180. The molecule has 3 atom stereocenters. The van der Waals surface area contributed by atoms with Gasteiger partial charge in [-0.3, -0.25) is 9.69 Å². The molecule has 1 aromatic heterocycles. The number of likely N-dealkylation sites (N-methyl/N-ethyl adjacent to an activating group) is 1. The van der Waals surface area contributed by atoms with Crippen molar-refractivity contribution in [1.29, 1.82) is 0 Å². The van der Waals surface area contributed by atoms with Crippen molar-refractivity contribution in [1.82, 2.24) is 24.7 Å². The molecule has 1 aliphatic carbocycles. The maximum Gasteiger partial charge on any atom is 0.318 e. The van der Waals surface area contributed by atoms with Crippen LogP contribution >= 0.6 is 0 Å². The lowest BCUT2D eigenvalue weighted by Gasteiger charge is -2.41. The molecule has 37 heavy (non-hydrogen) atoms. The maximum absolute atomic E-state index is 12.3. The minimum atomic E-state index is -0.00445. The number of nitrogens with zero attached hydrogens (tertiary/aromatic N) is 6. The number of benzene rings is 1. The average molecular weight is 503 g/mol. The third-order valence-corrected chi connectivity index (χ3v) is 8.77. The zero-order valence-corrected chi connectivity index (χ0v) is 22.1. The molecule has 0 bridgehead atoms. The van der Waals surface area contributed by atoms with Gasteiger partial charge >= 0.3 is 6.01 Å². The SMILES string of the molecule is C=CC(=O)N1CCN(c2nc(OC[C@@H]3CCCN3C)nc3c2CN(C2CCc4ccccc42)C3)[C@@H](C)C1. The predicted molar refractivity (Wildman–Crippen MR) is 144 cm³/mol. The van der Waals surface area contributed by atoms with E-state index < -0.39 is 0 Å². The van der Waals surface area contributed by atoms with Gasteiger partial charge in [0.2, 0.25) is 5.91 Å². The molecule has 4 heterocycles. The van der Waals surface area contributed by atoms with E-state index >= 15 is 0 Å². The summed E-state index contributed by atoms with van der Waals surface area (Å²) in [4.78, 5) is 31.4. The molecular formula is C29H38N6O2. The van der Waals surface area contributed by atoms with Crippen molar-refractivity contribution in [2.75, 3.05) is 44.7 Å². The zero-order chi connectivity index (χ0) is 25.5. The van der Waals surface area contributed by atoms with Crippen LogP contribution in [0.5, 0.6) is 6.01 Å². The molecule has 0 saturated carbocycles. The first kappa shape index (κ1) is 24.4. The van der Waals surface area contributed by atoms with Crippen LogP contribution in [0.25, 0.3) is 0 Å². The van der Waals surface area contributed by atoms with E-state index in [1.165, 1.54) is 29.2 Å². The molecule has 6 rings (SSSR count). The summed E-state index contributed by atoms with van der Waals surface area (Å²) in [6, 6.07) is 10.3. The second kappa shape index (κ2) is 10.1. The molecule has 1 aromatic carbocycles. The van der Waals surface area contributed by atoms with Gasteiger partial charge in [0.05, 0.1) is 5.69 Å². The second-order valence-electron chi connectivity index (χ2n) is 11.0. The summed E-state index contributed by atoms with van der Waals surface area (Å²) in [5.41, 5.74) is 5.22. The van der Waals surface area contributed by atoms with Gasteiger partial charge in [-0.25, -0.2) is 0 Å². The van der Waals surface area contributed by atoms with Crippen LogP contribution in [0.2, 0.25) is 0 Å². The summed E-state index contributed by atoms with van der Waals surface area (Å²) in [5, 5.41) is 0. The second-order valence-corrected chi connectivity index (χ2v) is 11.0. The molecule has 4 aliphatic rings. The van der Waals surface area contributed by atoms with Gasteiger partial charge in [-0.1, -0.05) is 30.8 Å². The largest absolute Gasteiger partial charge is 0.462 e. The van der Waals surface area contributed by atoms with E-state index in [9.17, 15) is 4.79 Å². The van der Waals surface area contributed by atoms with Gasteiger partial charge in [-0.2, -0.15) is 9.97 Å². The molecule has 0 N–H and O–H groups in total. The van der Waals surface area contributed by atoms with E-state index in [4.69, 9.17) is 14.7 Å². The Hall–Kier alpha value is -2.97. The van der Waals surface area contributed by atoms with Crippen molar-refractivity contribution >= 4 is 11.7 Å². The molecule has 196 valence electrons. The molecule has 8 heteroatoms. The number of aromatic nitrogens is 2. The van der Waals surface area contributed by atoms with Crippen molar-refractivity contribution in [2.24, 2.45) is 0 Å². The lowest BCUT2D eigenvalue weighted by molar-refractivity contribution is -0.126. The average Bonchev–Trinajstić information content (AvgIpc) is 3.64. The lowest BCUT2D eigenvalue weighted by Crippen LogP contribution is -2.54. The number of ether oxygens (including phenoxy) is 1. The minimum absolute atomic E-state index is 0.00445. The number of aryl methyl sites for hydroxylation is 1. The van der Waals surface area contributed by atoms with Crippen LogP contribution in [0, 0.1) is 0 Å². The molecular weight excluding hydrogens is 464 g/mol. The quantitative estimate of drug-likeness (QED) is 0.562. The Morgan fingerprint density at radius 2 is 2.03 bits per heavy atom. The number of likely N-dealkylation sites (tertiary alicyclic amines) is 1. The van der Waals surface area contributed by atoms with Crippen LogP contribution in [0.4, 0.5) is 5.82 Å². The molecule has 2 fully saturated rings. The first-order chi connectivity index (χ1) is 18.0. The maximum atomic E-state index is 12.3. The number of fused-ring (bicyclic) bond motifs is 2. The molecule has 0 radical (unpaired) electrons. The normalized spacial score (nSPS) is 25.8. The fraction of sp³-hybridized carbons (Fsp3) is 0.552. The minimum Gasteiger partial charge on any atom is -0.462 e. The summed E-state index contributed by atoms with van der Waals surface area (Å²) in [5.74, 6) is 0.974. The van der Waals surface area contributed by atoms with E-state index in [0.717, 1.165) is 57.0 Å². The van der Waals surface area contributed by atoms with Crippen molar-refractivity contribution in [3.8, 4) is 6.01 Å². The Morgan fingerprint density at radius 3 is 2.81 bits per heavy atom.